The lowest BCUT2D eigenvalue weighted by atomic mass is 9.97. The molecule has 0 saturated heterocycles. The third-order valence-electron chi connectivity index (χ3n) is 3.24. The zero-order valence-electron chi connectivity index (χ0n) is 11.5. The molecule has 106 valence electrons. The Hall–Kier alpha value is -1.39. The molecule has 2 aromatic rings. The first-order valence-corrected chi connectivity index (χ1v) is 7.14. The van der Waals surface area contributed by atoms with Gasteiger partial charge in [0, 0.05) is 16.1 Å². The standard InChI is InChI=1S/C16H17BrFNO/c1-10-3-5-13(16(7-10)20-2)15(19)9-11-8-12(17)4-6-14(11)18/h3-8,15H,9,19H2,1-2H3. The molecule has 0 aromatic heterocycles. The molecule has 2 nitrogen and oxygen atoms in total. The van der Waals surface area contributed by atoms with Crippen LogP contribution in [0.3, 0.4) is 0 Å². The minimum atomic E-state index is -0.311. The van der Waals surface area contributed by atoms with E-state index in [1.54, 1.807) is 19.2 Å². The van der Waals surface area contributed by atoms with Crippen LogP contribution in [0.4, 0.5) is 4.39 Å². The molecule has 2 aromatic carbocycles. The van der Waals surface area contributed by atoms with E-state index >= 15 is 0 Å². The van der Waals surface area contributed by atoms with Gasteiger partial charge in [-0.25, -0.2) is 4.39 Å². The highest BCUT2D eigenvalue weighted by Gasteiger charge is 2.15. The molecule has 0 fully saturated rings. The number of methoxy groups -OCH3 is 1. The van der Waals surface area contributed by atoms with Crippen LogP contribution in [0.1, 0.15) is 22.7 Å². The van der Waals surface area contributed by atoms with E-state index in [9.17, 15) is 4.39 Å². The van der Waals surface area contributed by atoms with Crippen molar-refractivity contribution in [3.05, 3.63) is 63.4 Å². The number of hydrogen-bond acceptors (Lipinski definition) is 2. The van der Waals surface area contributed by atoms with Crippen LogP contribution in [-0.2, 0) is 6.42 Å². The molecule has 4 heteroatoms. The summed E-state index contributed by atoms with van der Waals surface area (Å²) in [4.78, 5) is 0. The van der Waals surface area contributed by atoms with Gasteiger partial charge in [0.25, 0.3) is 0 Å². The second kappa shape index (κ2) is 6.37. The lowest BCUT2D eigenvalue weighted by Gasteiger charge is -2.17. The third kappa shape index (κ3) is 3.38. The van der Waals surface area contributed by atoms with Gasteiger partial charge in [-0.1, -0.05) is 28.1 Å². The summed E-state index contributed by atoms with van der Waals surface area (Å²) in [5.41, 5.74) is 8.79. The maximum absolute atomic E-state index is 13.8. The van der Waals surface area contributed by atoms with Gasteiger partial charge in [0.2, 0.25) is 0 Å². The summed E-state index contributed by atoms with van der Waals surface area (Å²) in [6.07, 6.45) is 0.421. The minimum absolute atomic E-state index is 0.241. The lowest BCUT2D eigenvalue weighted by Crippen LogP contribution is -2.15. The van der Waals surface area contributed by atoms with Crippen LogP contribution in [0.2, 0.25) is 0 Å². The number of aryl methyl sites for hydroxylation is 1. The van der Waals surface area contributed by atoms with Crippen molar-refractivity contribution in [3.8, 4) is 5.75 Å². The maximum Gasteiger partial charge on any atom is 0.126 e. The van der Waals surface area contributed by atoms with Gasteiger partial charge in [-0.2, -0.15) is 0 Å². The molecule has 1 unspecified atom stereocenters. The fourth-order valence-electron chi connectivity index (χ4n) is 2.17. The molecule has 0 aliphatic carbocycles. The van der Waals surface area contributed by atoms with Crippen molar-refractivity contribution in [1.29, 1.82) is 0 Å². The van der Waals surface area contributed by atoms with E-state index in [1.807, 2.05) is 25.1 Å². The Morgan fingerprint density at radius 1 is 1.25 bits per heavy atom. The van der Waals surface area contributed by atoms with Crippen molar-refractivity contribution in [2.24, 2.45) is 5.73 Å². The number of nitrogens with two attached hydrogens (primary N) is 1. The molecule has 1 atom stereocenters. The van der Waals surface area contributed by atoms with Crippen LogP contribution in [-0.4, -0.2) is 7.11 Å². The van der Waals surface area contributed by atoms with E-state index in [0.717, 1.165) is 21.3 Å². The van der Waals surface area contributed by atoms with E-state index < -0.39 is 0 Å². The molecule has 0 heterocycles. The third-order valence-corrected chi connectivity index (χ3v) is 3.73. The molecular weight excluding hydrogens is 321 g/mol. The van der Waals surface area contributed by atoms with Gasteiger partial charge >= 0.3 is 0 Å². The van der Waals surface area contributed by atoms with E-state index in [0.29, 0.717) is 12.0 Å². The first kappa shape index (κ1) is 15.0. The number of ether oxygens (including phenoxy) is 1. The Morgan fingerprint density at radius 3 is 2.70 bits per heavy atom. The second-order valence-corrected chi connectivity index (χ2v) is 5.71. The van der Waals surface area contributed by atoms with E-state index in [-0.39, 0.29) is 11.9 Å². The summed E-state index contributed by atoms with van der Waals surface area (Å²) in [6, 6.07) is 10.4. The summed E-state index contributed by atoms with van der Waals surface area (Å²) < 4.78 is 20.0. The van der Waals surface area contributed by atoms with Crippen LogP contribution in [0.25, 0.3) is 0 Å². The highest BCUT2D eigenvalue weighted by atomic mass is 79.9. The number of hydrogen-bond donors (Lipinski definition) is 1. The van der Waals surface area contributed by atoms with Crippen molar-refractivity contribution >= 4 is 15.9 Å². The molecule has 0 amide bonds. The molecule has 0 aliphatic rings. The van der Waals surface area contributed by atoms with E-state index in [2.05, 4.69) is 15.9 Å². The molecule has 20 heavy (non-hydrogen) atoms. The van der Waals surface area contributed by atoms with Gasteiger partial charge in [0.05, 0.1) is 7.11 Å². The fraction of sp³-hybridized carbons (Fsp3) is 0.250. The van der Waals surface area contributed by atoms with Crippen LogP contribution in [0.15, 0.2) is 40.9 Å². The summed E-state index contributed by atoms with van der Waals surface area (Å²) >= 11 is 3.35. The quantitative estimate of drug-likeness (QED) is 0.909. The van der Waals surface area contributed by atoms with Gasteiger partial charge in [0.15, 0.2) is 0 Å². The topological polar surface area (TPSA) is 35.2 Å². The van der Waals surface area contributed by atoms with E-state index in [1.165, 1.54) is 6.07 Å². The smallest absolute Gasteiger partial charge is 0.126 e. The first-order chi connectivity index (χ1) is 9.51. The molecule has 0 spiro atoms. The van der Waals surface area contributed by atoms with Crippen LogP contribution in [0.5, 0.6) is 5.75 Å². The maximum atomic E-state index is 13.8. The second-order valence-electron chi connectivity index (χ2n) is 4.79. The number of rotatable bonds is 4. The molecule has 0 radical (unpaired) electrons. The van der Waals surface area contributed by atoms with Crippen LogP contribution >= 0.6 is 15.9 Å². The zero-order valence-corrected chi connectivity index (χ0v) is 13.1. The summed E-state index contributed by atoms with van der Waals surface area (Å²) in [5, 5.41) is 0. The highest BCUT2D eigenvalue weighted by molar-refractivity contribution is 9.10. The molecule has 0 aliphatic heterocycles. The van der Waals surface area contributed by atoms with E-state index in [4.69, 9.17) is 10.5 Å². The van der Waals surface area contributed by atoms with Crippen LogP contribution < -0.4 is 10.5 Å². The van der Waals surface area contributed by atoms with Crippen molar-refractivity contribution in [3.63, 3.8) is 0 Å². The highest BCUT2D eigenvalue weighted by Crippen LogP contribution is 2.28. The molecular formula is C16H17BrFNO. The summed E-state index contributed by atoms with van der Waals surface area (Å²) in [7, 11) is 1.62. The Bertz CT molecular complexity index is 615. The fourth-order valence-corrected chi connectivity index (χ4v) is 2.58. The van der Waals surface area contributed by atoms with Crippen molar-refractivity contribution in [2.45, 2.75) is 19.4 Å². The van der Waals surface area contributed by atoms with Crippen molar-refractivity contribution in [2.75, 3.05) is 7.11 Å². The SMILES string of the molecule is COc1cc(C)ccc1C(N)Cc1cc(Br)ccc1F. The predicted molar refractivity (Wildman–Crippen MR) is 82.5 cm³/mol. The Balaban J connectivity index is 2.28. The molecule has 2 N–H and O–H groups in total. The van der Waals surface area contributed by atoms with Gasteiger partial charge < -0.3 is 10.5 Å². The van der Waals surface area contributed by atoms with Gasteiger partial charge in [0.1, 0.15) is 11.6 Å². The lowest BCUT2D eigenvalue weighted by molar-refractivity contribution is 0.405. The number of halogens is 2. The molecule has 2 rings (SSSR count). The Morgan fingerprint density at radius 2 is 2.00 bits per heavy atom. The molecule has 0 saturated carbocycles. The van der Waals surface area contributed by atoms with Gasteiger partial charge in [-0.15, -0.1) is 0 Å². The van der Waals surface area contributed by atoms with Crippen molar-refractivity contribution < 1.29 is 9.13 Å². The minimum Gasteiger partial charge on any atom is -0.496 e. The normalized spacial score (nSPS) is 12.2. The molecule has 0 bridgehead atoms. The summed E-state index contributed by atoms with van der Waals surface area (Å²) in [6.45, 7) is 1.99. The largest absolute Gasteiger partial charge is 0.496 e. The first-order valence-electron chi connectivity index (χ1n) is 6.35. The monoisotopic (exact) mass is 337 g/mol. The van der Waals surface area contributed by atoms with Gasteiger partial charge in [-0.3, -0.25) is 0 Å². The van der Waals surface area contributed by atoms with Crippen LogP contribution in [0, 0.1) is 12.7 Å². The average Bonchev–Trinajstić information content (AvgIpc) is 2.42. The van der Waals surface area contributed by atoms with Crippen molar-refractivity contribution in [1.82, 2.24) is 0 Å². The number of benzene rings is 2. The average molecular weight is 338 g/mol. The van der Waals surface area contributed by atoms with Gasteiger partial charge in [-0.05, 0) is 48.7 Å². The summed E-state index contributed by atoms with van der Waals surface area (Å²) in [5.74, 6) is 0.502. The zero-order chi connectivity index (χ0) is 14.7. The Kier molecular flexibility index (Phi) is 4.78. The predicted octanol–water partition coefficient (Wildman–Crippen LogP) is 4.15. The Labute approximate surface area is 126 Å².